The molecule has 30 heavy (non-hydrogen) atoms. The average Bonchev–Trinajstić information content (AvgIpc) is 3.10. The van der Waals surface area contributed by atoms with Gasteiger partial charge in [0, 0.05) is 37.4 Å². The van der Waals surface area contributed by atoms with E-state index < -0.39 is 5.54 Å². The number of rotatable bonds is 7. The maximum Gasteiger partial charge on any atom is 0.332 e. The van der Waals surface area contributed by atoms with Gasteiger partial charge >= 0.3 is 5.97 Å². The average molecular weight is 413 g/mol. The van der Waals surface area contributed by atoms with Crippen LogP contribution in [0.1, 0.15) is 37.6 Å². The Morgan fingerprint density at radius 3 is 2.33 bits per heavy atom. The number of aromatic nitrogens is 2. The molecule has 0 N–H and O–H groups in total. The Morgan fingerprint density at radius 1 is 1.13 bits per heavy atom. The minimum Gasteiger partial charge on any atom is -0.467 e. The second-order valence-corrected chi connectivity index (χ2v) is 7.93. The van der Waals surface area contributed by atoms with E-state index in [2.05, 4.69) is 23.0 Å². The first kappa shape index (κ1) is 22.0. The van der Waals surface area contributed by atoms with Crippen LogP contribution in [0.2, 0.25) is 0 Å². The van der Waals surface area contributed by atoms with E-state index in [0.29, 0.717) is 32.4 Å². The number of hydrogen-bond acceptors (Lipinski definition) is 5. The lowest BCUT2D eigenvalue weighted by Crippen LogP contribution is -2.62. The van der Waals surface area contributed by atoms with Crippen LogP contribution >= 0.6 is 0 Å². The number of likely N-dealkylation sites (tertiary alicyclic amines) is 1. The second kappa shape index (κ2) is 9.43. The third-order valence-corrected chi connectivity index (χ3v) is 5.97. The van der Waals surface area contributed by atoms with E-state index in [9.17, 15) is 9.59 Å². The van der Waals surface area contributed by atoms with E-state index in [0.717, 1.165) is 30.2 Å². The van der Waals surface area contributed by atoms with Crippen molar-refractivity contribution < 1.29 is 14.3 Å². The van der Waals surface area contributed by atoms with Gasteiger partial charge in [-0.05, 0) is 44.9 Å². The van der Waals surface area contributed by atoms with Gasteiger partial charge in [-0.15, -0.1) is 0 Å². The number of methoxy groups -OCH3 is 1. The van der Waals surface area contributed by atoms with E-state index >= 15 is 0 Å². The summed E-state index contributed by atoms with van der Waals surface area (Å²) in [5.41, 5.74) is 1.94. The summed E-state index contributed by atoms with van der Waals surface area (Å²) < 4.78 is 7.23. The van der Waals surface area contributed by atoms with E-state index in [-0.39, 0.29) is 11.9 Å². The first-order valence-electron chi connectivity index (χ1n) is 10.6. The summed E-state index contributed by atoms with van der Waals surface area (Å²) in [6, 6.07) is 11.5. The SMILES string of the molecule is CCC(=O)N(c1ccccc1)C1(C(=O)OC)CCN(CCn2nc(C)cc2C)CC1. The van der Waals surface area contributed by atoms with Gasteiger partial charge in [-0.1, -0.05) is 25.1 Å². The van der Waals surface area contributed by atoms with Gasteiger partial charge in [0.15, 0.2) is 0 Å². The van der Waals surface area contributed by atoms with Gasteiger partial charge in [0.05, 0.1) is 19.3 Å². The van der Waals surface area contributed by atoms with Crippen molar-refractivity contribution in [1.82, 2.24) is 14.7 Å². The van der Waals surface area contributed by atoms with Crippen molar-refractivity contribution in [2.45, 2.75) is 52.1 Å². The molecule has 162 valence electrons. The second-order valence-electron chi connectivity index (χ2n) is 7.93. The van der Waals surface area contributed by atoms with Crippen molar-refractivity contribution in [2.75, 3.05) is 31.6 Å². The maximum atomic E-state index is 13.0. The monoisotopic (exact) mass is 412 g/mol. The predicted molar refractivity (Wildman–Crippen MR) is 116 cm³/mol. The highest BCUT2D eigenvalue weighted by molar-refractivity contribution is 6.02. The minimum atomic E-state index is -0.974. The molecular formula is C23H32N4O3. The first-order chi connectivity index (χ1) is 14.4. The van der Waals surface area contributed by atoms with Crippen LogP contribution in [-0.2, 0) is 20.9 Å². The maximum absolute atomic E-state index is 13.0. The number of ether oxygens (including phenoxy) is 1. The zero-order chi connectivity index (χ0) is 21.7. The number of aryl methyl sites for hydroxylation is 2. The highest BCUT2D eigenvalue weighted by Gasteiger charge is 2.49. The molecule has 1 aliphatic rings. The smallest absolute Gasteiger partial charge is 0.332 e. The number of hydrogen-bond donors (Lipinski definition) is 0. The lowest BCUT2D eigenvalue weighted by atomic mass is 9.84. The molecule has 0 atom stereocenters. The zero-order valence-corrected chi connectivity index (χ0v) is 18.4. The number of carbonyl (C=O) groups is 2. The summed E-state index contributed by atoms with van der Waals surface area (Å²) in [5, 5.41) is 4.53. The molecule has 1 amide bonds. The Labute approximate surface area is 178 Å². The number of amides is 1. The van der Waals surface area contributed by atoms with E-state index in [1.165, 1.54) is 7.11 Å². The Morgan fingerprint density at radius 2 is 1.80 bits per heavy atom. The van der Waals surface area contributed by atoms with Crippen molar-refractivity contribution in [1.29, 1.82) is 0 Å². The molecule has 1 aliphatic heterocycles. The van der Waals surface area contributed by atoms with Crippen LogP contribution in [-0.4, -0.2) is 58.8 Å². The van der Waals surface area contributed by atoms with E-state index in [4.69, 9.17) is 4.74 Å². The highest BCUT2D eigenvalue weighted by atomic mass is 16.5. The third kappa shape index (κ3) is 4.41. The van der Waals surface area contributed by atoms with Crippen LogP contribution in [0.25, 0.3) is 0 Å². The van der Waals surface area contributed by atoms with Crippen LogP contribution < -0.4 is 4.90 Å². The Kier molecular flexibility index (Phi) is 6.92. The number of anilines is 1. The number of piperidine rings is 1. The fourth-order valence-electron chi connectivity index (χ4n) is 4.36. The van der Waals surface area contributed by atoms with Crippen molar-refractivity contribution in [3.8, 4) is 0 Å². The lowest BCUT2D eigenvalue weighted by Gasteiger charge is -2.46. The Balaban J connectivity index is 1.78. The molecule has 2 aromatic rings. The molecule has 3 rings (SSSR count). The largest absolute Gasteiger partial charge is 0.467 e. The standard InChI is InChI=1S/C23H32N4O3/c1-5-21(28)27(20-9-7-6-8-10-20)23(22(29)30-4)11-13-25(14-12-23)15-16-26-19(3)17-18(2)24-26/h6-10,17H,5,11-16H2,1-4H3. The molecule has 1 fully saturated rings. The summed E-state index contributed by atoms with van der Waals surface area (Å²) in [5.74, 6) is -0.408. The van der Waals surface area contributed by atoms with Crippen molar-refractivity contribution >= 4 is 17.6 Å². The summed E-state index contributed by atoms with van der Waals surface area (Å²) in [6.07, 6.45) is 1.41. The molecule has 1 aromatic heterocycles. The van der Waals surface area contributed by atoms with Gasteiger partial charge in [0.25, 0.3) is 0 Å². The molecule has 2 heterocycles. The predicted octanol–water partition coefficient (Wildman–Crippen LogP) is 2.95. The molecule has 0 aliphatic carbocycles. The summed E-state index contributed by atoms with van der Waals surface area (Å²) in [6.45, 7) is 8.98. The fraction of sp³-hybridized carbons (Fsp3) is 0.522. The van der Waals surface area contributed by atoms with Gasteiger partial charge in [-0.3, -0.25) is 14.4 Å². The summed E-state index contributed by atoms with van der Waals surface area (Å²) in [4.78, 5) is 30.0. The molecule has 0 unspecified atom stereocenters. The normalized spacial score (nSPS) is 16.3. The summed E-state index contributed by atoms with van der Waals surface area (Å²) >= 11 is 0. The number of benzene rings is 1. The van der Waals surface area contributed by atoms with Crippen LogP contribution in [0, 0.1) is 13.8 Å². The summed E-state index contributed by atoms with van der Waals surface area (Å²) in [7, 11) is 1.40. The number of carbonyl (C=O) groups excluding carboxylic acids is 2. The molecule has 7 heteroatoms. The minimum absolute atomic E-state index is 0.0670. The van der Waals surface area contributed by atoms with Gasteiger partial charge in [0.2, 0.25) is 5.91 Å². The van der Waals surface area contributed by atoms with Crippen LogP contribution in [0.5, 0.6) is 0 Å². The van der Waals surface area contributed by atoms with E-state index in [1.807, 2.05) is 48.9 Å². The molecule has 0 saturated carbocycles. The van der Waals surface area contributed by atoms with Crippen LogP contribution in [0.15, 0.2) is 36.4 Å². The number of nitrogens with zero attached hydrogens (tertiary/aromatic N) is 4. The number of esters is 1. The zero-order valence-electron chi connectivity index (χ0n) is 18.4. The molecule has 1 aromatic carbocycles. The van der Waals surface area contributed by atoms with Crippen LogP contribution in [0.3, 0.4) is 0 Å². The topological polar surface area (TPSA) is 67.7 Å². The van der Waals surface area contributed by atoms with Gasteiger partial charge < -0.3 is 9.64 Å². The molecular weight excluding hydrogens is 380 g/mol. The molecule has 7 nitrogen and oxygen atoms in total. The quantitative estimate of drug-likeness (QED) is 0.654. The lowest BCUT2D eigenvalue weighted by molar-refractivity contribution is -0.151. The first-order valence-corrected chi connectivity index (χ1v) is 10.6. The highest BCUT2D eigenvalue weighted by Crippen LogP contribution is 2.35. The Bertz CT molecular complexity index is 870. The van der Waals surface area contributed by atoms with Crippen molar-refractivity contribution in [3.05, 3.63) is 47.8 Å². The molecule has 0 radical (unpaired) electrons. The van der Waals surface area contributed by atoms with Crippen molar-refractivity contribution in [2.24, 2.45) is 0 Å². The van der Waals surface area contributed by atoms with Gasteiger partial charge in [-0.25, -0.2) is 4.79 Å². The molecule has 1 saturated heterocycles. The van der Waals surface area contributed by atoms with E-state index in [1.54, 1.807) is 4.90 Å². The van der Waals surface area contributed by atoms with Gasteiger partial charge in [0.1, 0.15) is 5.54 Å². The van der Waals surface area contributed by atoms with Gasteiger partial charge in [-0.2, -0.15) is 5.10 Å². The molecule has 0 bridgehead atoms. The van der Waals surface area contributed by atoms with Crippen LogP contribution in [0.4, 0.5) is 5.69 Å². The van der Waals surface area contributed by atoms with Crippen molar-refractivity contribution in [3.63, 3.8) is 0 Å². The number of para-hydroxylation sites is 1. The fourth-order valence-corrected chi connectivity index (χ4v) is 4.36. The molecule has 0 spiro atoms. The third-order valence-electron chi connectivity index (χ3n) is 5.97. The Hall–Kier alpha value is -2.67.